The van der Waals surface area contributed by atoms with Crippen LogP contribution >= 0.6 is 48.8 Å². The minimum atomic E-state index is 0. The second kappa shape index (κ2) is 17.7. The molecule has 0 saturated carbocycles. The Labute approximate surface area is 316 Å². The zero-order valence-corrected chi connectivity index (χ0v) is 32.5. The molecule has 2 aromatic heterocycles. The summed E-state index contributed by atoms with van der Waals surface area (Å²) >= 11 is 6.32. The summed E-state index contributed by atoms with van der Waals surface area (Å²) in [5, 5.41) is 0.766. The first-order valence-corrected chi connectivity index (χ1v) is 16.8. The molecule has 0 N–H and O–H groups in total. The molecule has 1 fully saturated rings. The van der Waals surface area contributed by atoms with Gasteiger partial charge in [0.2, 0.25) is 0 Å². The van der Waals surface area contributed by atoms with Gasteiger partial charge in [0, 0.05) is 66.5 Å². The number of hydrogen-bond donors (Lipinski definition) is 0. The van der Waals surface area contributed by atoms with Gasteiger partial charge in [-0.15, -0.1) is 37.2 Å². The lowest BCUT2D eigenvalue weighted by Crippen LogP contribution is -2.44. The van der Waals surface area contributed by atoms with Gasteiger partial charge in [0.05, 0.1) is 11.4 Å². The number of piperidine rings is 1. The second-order valence-electron chi connectivity index (χ2n) is 13.2. The van der Waals surface area contributed by atoms with E-state index in [1.807, 2.05) is 24.5 Å². The van der Waals surface area contributed by atoms with Gasteiger partial charge in [0.1, 0.15) is 0 Å². The quantitative estimate of drug-likeness (QED) is 0.159. The molecule has 6 rings (SSSR count). The number of nitrogens with zero attached hydrogens (tertiary/aromatic N) is 4. The van der Waals surface area contributed by atoms with Crippen LogP contribution in [-0.2, 0) is 13.1 Å². The highest BCUT2D eigenvalue weighted by Gasteiger charge is 2.26. The van der Waals surface area contributed by atoms with Crippen molar-refractivity contribution >= 4 is 54.5 Å². The van der Waals surface area contributed by atoms with E-state index in [0.717, 1.165) is 55.4 Å². The van der Waals surface area contributed by atoms with Crippen molar-refractivity contribution in [3.05, 3.63) is 135 Å². The maximum Gasteiger partial charge on any atom is 0.0705 e. The minimum absolute atomic E-state index is 0. The largest absolute Gasteiger partial charge is 0.364 e. The number of aryl methyl sites for hydroxylation is 4. The SMILES string of the molecule is Cc1cc(-c2cc(CN3CCC(N(Cc4ccnc(-c5cc(C)c(C)c(C)c5)c4)c4ccc(Cl)cc4)CC3)ccn2)cc(C)c1C.Cl.Cl.Cl. The topological polar surface area (TPSA) is 32.3 Å². The maximum atomic E-state index is 6.32. The van der Waals surface area contributed by atoms with Crippen LogP contribution in [0.1, 0.15) is 57.3 Å². The molecule has 49 heavy (non-hydrogen) atoms. The van der Waals surface area contributed by atoms with Gasteiger partial charge < -0.3 is 4.90 Å². The van der Waals surface area contributed by atoms with Crippen molar-refractivity contribution in [1.29, 1.82) is 0 Å². The first kappa shape index (κ1) is 40.3. The van der Waals surface area contributed by atoms with Crippen LogP contribution in [-0.4, -0.2) is 34.0 Å². The number of pyridine rings is 2. The van der Waals surface area contributed by atoms with Crippen molar-refractivity contribution in [3.63, 3.8) is 0 Å². The van der Waals surface area contributed by atoms with Gasteiger partial charge in [0.25, 0.3) is 0 Å². The number of rotatable bonds is 8. The van der Waals surface area contributed by atoms with Crippen LogP contribution in [0.4, 0.5) is 5.69 Å². The summed E-state index contributed by atoms with van der Waals surface area (Å²) in [5.74, 6) is 0. The Balaban J connectivity index is 0.00000217. The summed E-state index contributed by atoms with van der Waals surface area (Å²) in [4.78, 5) is 14.7. The molecular weight excluding hydrogens is 690 g/mol. The lowest BCUT2D eigenvalue weighted by molar-refractivity contribution is 0.201. The Morgan fingerprint density at radius 1 is 0.633 bits per heavy atom. The molecule has 5 aromatic rings. The predicted molar refractivity (Wildman–Crippen MR) is 215 cm³/mol. The third-order valence-corrected chi connectivity index (χ3v) is 10.3. The number of aromatic nitrogens is 2. The highest BCUT2D eigenvalue weighted by molar-refractivity contribution is 6.30. The fraction of sp³-hybridized carbons (Fsp3) is 0.317. The summed E-state index contributed by atoms with van der Waals surface area (Å²) in [5.41, 5.74) is 16.2. The Kier molecular flexibility index (Phi) is 14.6. The van der Waals surface area contributed by atoms with Gasteiger partial charge in [-0.05, 0) is 172 Å². The van der Waals surface area contributed by atoms with E-state index in [1.165, 1.54) is 61.3 Å². The molecule has 3 heterocycles. The van der Waals surface area contributed by atoms with Crippen molar-refractivity contribution < 1.29 is 0 Å². The first-order chi connectivity index (χ1) is 22.1. The molecule has 4 nitrogen and oxygen atoms in total. The molecule has 260 valence electrons. The fourth-order valence-corrected chi connectivity index (χ4v) is 6.86. The number of anilines is 1. The molecule has 3 aromatic carbocycles. The summed E-state index contributed by atoms with van der Waals surface area (Å²) in [7, 11) is 0. The monoisotopic (exact) mass is 736 g/mol. The zero-order chi connectivity index (χ0) is 32.4. The Morgan fingerprint density at radius 3 is 1.57 bits per heavy atom. The summed E-state index contributed by atoms with van der Waals surface area (Å²) in [6.45, 7) is 17.0. The molecule has 8 heteroatoms. The minimum Gasteiger partial charge on any atom is -0.364 e. The predicted octanol–water partition coefficient (Wildman–Crippen LogP) is 11.3. The standard InChI is InChI=1S/C41H45ClN4.3ClH/c1-27-19-35(20-28(2)31(27)5)40-23-33(11-15-43-40)25-45-17-13-39(14-18-45)46(38-9-7-37(42)8-10-38)26-34-12-16-44-41(24-34)36-21-29(3)32(6)30(4)22-36;;;/h7-12,15-16,19-24,39H,13-14,17-18,25-26H2,1-6H3;3*1H. The van der Waals surface area contributed by atoms with Crippen molar-refractivity contribution in [2.24, 2.45) is 0 Å². The van der Waals surface area contributed by atoms with E-state index in [0.29, 0.717) is 6.04 Å². The molecule has 1 aliphatic heterocycles. The van der Waals surface area contributed by atoms with Gasteiger partial charge in [-0.3, -0.25) is 14.9 Å². The van der Waals surface area contributed by atoms with Gasteiger partial charge in [-0.25, -0.2) is 0 Å². The number of benzene rings is 3. The highest BCUT2D eigenvalue weighted by Crippen LogP contribution is 2.30. The van der Waals surface area contributed by atoms with Crippen molar-refractivity contribution in [2.75, 3.05) is 18.0 Å². The van der Waals surface area contributed by atoms with Crippen LogP contribution in [0, 0.1) is 41.5 Å². The maximum absolute atomic E-state index is 6.32. The summed E-state index contributed by atoms with van der Waals surface area (Å²) < 4.78 is 0. The van der Waals surface area contributed by atoms with Gasteiger partial charge >= 0.3 is 0 Å². The van der Waals surface area contributed by atoms with Crippen molar-refractivity contribution in [2.45, 2.75) is 73.5 Å². The van der Waals surface area contributed by atoms with Crippen molar-refractivity contribution in [1.82, 2.24) is 14.9 Å². The van der Waals surface area contributed by atoms with E-state index in [1.54, 1.807) is 0 Å². The van der Waals surface area contributed by atoms with Crippen LogP contribution < -0.4 is 4.90 Å². The number of halogens is 4. The Bertz CT molecular complexity index is 1800. The fourth-order valence-electron chi connectivity index (χ4n) is 6.74. The smallest absolute Gasteiger partial charge is 0.0705 e. The number of hydrogen-bond acceptors (Lipinski definition) is 4. The van der Waals surface area contributed by atoms with E-state index in [9.17, 15) is 0 Å². The third kappa shape index (κ3) is 9.57. The molecule has 0 unspecified atom stereocenters. The Hall–Kier alpha value is -3.12. The van der Waals surface area contributed by atoms with E-state index < -0.39 is 0 Å². The average molecular weight is 739 g/mol. The first-order valence-electron chi connectivity index (χ1n) is 16.5. The molecule has 1 aliphatic rings. The molecule has 0 bridgehead atoms. The van der Waals surface area contributed by atoms with Gasteiger partial charge in [-0.2, -0.15) is 0 Å². The molecule has 0 atom stereocenters. The second-order valence-corrected chi connectivity index (χ2v) is 13.6. The van der Waals surface area contributed by atoms with E-state index in [4.69, 9.17) is 21.6 Å². The van der Waals surface area contributed by atoms with Crippen LogP contribution in [0.15, 0.2) is 85.2 Å². The van der Waals surface area contributed by atoms with Crippen LogP contribution in [0.25, 0.3) is 22.5 Å². The molecular formula is C41H48Cl4N4. The summed E-state index contributed by atoms with van der Waals surface area (Å²) in [6, 6.07) is 26.7. The van der Waals surface area contributed by atoms with Crippen LogP contribution in [0.3, 0.4) is 0 Å². The average Bonchev–Trinajstić information content (AvgIpc) is 3.06. The Morgan fingerprint density at radius 2 is 1.08 bits per heavy atom. The van der Waals surface area contributed by atoms with Gasteiger partial charge in [0.15, 0.2) is 0 Å². The van der Waals surface area contributed by atoms with E-state index >= 15 is 0 Å². The molecule has 1 saturated heterocycles. The van der Waals surface area contributed by atoms with Crippen molar-refractivity contribution in [3.8, 4) is 22.5 Å². The van der Waals surface area contributed by atoms with E-state index in [2.05, 4.69) is 112 Å². The molecule has 0 amide bonds. The van der Waals surface area contributed by atoms with Gasteiger partial charge in [-0.1, -0.05) is 11.6 Å². The molecule has 0 radical (unpaired) electrons. The highest BCUT2D eigenvalue weighted by atomic mass is 35.5. The van der Waals surface area contributed by atoms with E-state index in [-0.39, 0.29) is 37.2 Å². The van der Waals surface area contributed by atoms with Crippen LogP contribution in [0.5, 0.6) is 0 Å². The third-order valence-electron chi connectivity index (χ3n) is 10.0. The molecule has 0 aliphatic carbocycles. The molecule has 0 spiro atoms. The normalized spacial score (nSPS) is 13.2. The van der Waals surface area contributed by atoms with Crippen LogP contribution in [0.2, 0.25) is 5.02 Å². The lowest BCUT2D eigenvalue weighted by Gasteiger charge is -2.40. The summed E-state index contributed by atoms with van der Waals surface area (Å²) in [6.07, 6.45) is 6.13. The zero-order valence-electron chi connectivity index (χ0n) is 29.3. The number of likely N-dealkylation sites (tertiary alicyclic amines) is 1. The lowest BCUT2D eigenvalue weighted by atomic mass is 9.97.